The lowest BCUT2D eigenvalue weighted by Gasteiger charge is -2.08. The molecule has 0 saturated heterocycles. The molecule has 0 spiro atoms. The van der Waals surface area contributed by atoms with E-state index in [1.165, 1.54) is 7.11 Å². The number of anilines is 2. The van der Waals surface area contributed by atoms with Crippen molar-refractivity contribution in [1.29, 1.82) is 0 Å². The standard InChI is InChI=1S/C12H18N6O2/c1-3-5-14-12-17-10(13-6-4-8(19)20-2)9-11(18-12)16-7-15-9/h7H,3-6H2,1-2H3,(H3,13,14,15,16,17,18). The first-order valence-corrected chi connectivity index (χ1v) is 6.50. The highest BCUT2D eigenvalue weighted by molar-refractivity contribution is 5.83. The maximum atomic E-state index is 11.1. The second-order valence-corrected chi connectivity index (χ2v) is 4.18. The molecule has 0 aromatic carbocycles. The molecule has 108 valence electrons. The van der Waals surface area contributed by atoms with Gasteiger partial charge in [0.2, 0.25) is 5.95 Å². The molecule has 0 aliphatic heterocycles. The molecule has 0 saturated carbocycles. The summed E-state index contributed by atoms with van der Waals surface area (Å²) in [7, 11) is 1.37. The lowest BCUT2D eigenvalue weighted by Crippen LogP contribution is -2.12. The SMILES string of the molecule is CCCNc1nc(NCCC(=O)OC)c2[nH]cnc2n1. The third-order valence-corrected chi connectivity index (χ3v) is 2.67. The van der Waals surface area contributed by atoms with Gasteiger partial charge in [0.1, 0.15) is 5.52 Å². The van der Waals surface area contributed by atoms with Crippen molar-refractivity contribution in [3.05, 3.63) is 6.33 Å². The minimum atomic E-state index is -0.267. The van der Waals surface area contributed by atoms with Crippen LogP contribution in [-0.4, -0.2) is 46.1 Å². The van der Waals surface area contributed by atoms with E-state index in [4.69, 9.17) is 0 Å². The molecule has 2 aromatic heterocycles. The van der Waals surface area contributed by atoms with Gasteiger partial charge in [-0.1, -0.05) is 6.92 Å². The Hall–Kier alpha value is -2.38. The molecule has 0 fully saturated rings. The van der Waals surface area contributed by atoms with Crippen LogP contribution >= 0.6 is 0 Å². The van der Waals surface area contributed by atoms with E-state index in [9.17, 15) is 4.79 Å². The molecule has 8 nitrogen and oxygen atoms in total. The number of hydrogen-bond donors (Lipinski definition) is 3. The van der Waals surface area contributed by atoms with E-state index in [0.29, 0.717) is 24.0 Å². The van der Waals surface area contributed by atoms with Gasteiger partial charge in [-0.15, -0.1) is 0 Å². The summed E-state index contributed by atoms with van der Waals surface area (Å²) in [6.45, 7) is 3.29. The van der Waals surface area contributed by atoms with Crippen LogP contribution in [0.3, 0.4) is 0 Å². The van der Waals surface area contributed by atoms with Crippen molar-refractivity contribution in [2.45, 2.75) is 19.8 Å². The van der Waals surface area contributed by atoms with Crippen LogP contribution in [0.5, 0.6) is 0 Å². The topological polar surface area (TPSA) is 105 Å². The molecule has 2 aromatic rings. The number of aromatic nitrogens is 4. The van der Waals surface area contributed by atoms with Crippen LogP contribution in [0.2, 0.25) is 0 Å². The average molecular weight is 278 g/mol. The number of hydrogen-bond acceptors (Lipinski definition) is 7. The molecule has 0 unspecified atom stereocenters. The highest BCUT2D eigenvalue weighted by Crippen LogP contribution is 2.18. The molecule has 0 aliphatic carbocycles. The van der Waals surface area contributed by atoms with Gasteiger partial charge in [0.05, 0.1) is 19.9 Å². The number of rotatable bonds is 7. The summed E-state index contributed by atoms with van der Waals surface area (Å²) in [5, 5.41) is 6.21. The molecule has 0 atom stereocenters. The Bertz CT molecular complexity index is 582. The number of fused-ring (bicyclic) bond motifs is 1. The first-order chi connectivity index (χ1) is 9.74. The molecule has 0 radical (unpaired) electrons. The van der Waals surface area contributed by atoms with E-state index in [1.807, 2.05) is 0 Å². The number of carbonyl (C=O) groups excluding carboxylic acids is 1. The minimum absolute atomic E-state index is 0.267. The molecule has 2 heterocycles. The normalized spacial score (nSPS) is 10.5. The van der Waals surface area contributed by atoms with E-state index >= 15 is 0 Å². The average Bonchev–Trinajstić information content (AvgIpc) is 2.93. The predicted octanol–water partition coefficient (Wildman–Crippen LogP) is 1.15. The summed E-state index contributed by atoms with van der Waals surface area (Å²) < 4.78 is 4.59. The zero-order valence-electron chi connectivity index (χ0n) is 11.6. The van der Waals surface area contributed by atoms with E-state index in [0.717, 1.165) is 18.5 Å². The number of methoxy groups -OCH3 is 1. The van der Waals surface area contributed by atoms with Crippen molar-refractivity contribution in [3.63, 3.8) is 0 Å². The number of aromatic amines is 1. The summed E-state index contributed by atoms with van der Waals surface area (Å²) >= 11 is 0. The highest BCUT2D eigenvalue weighted by atomic mass is 16.5. The largest absolute Gasteiger partial charge is 0.469 e. The van der Waals surface area contributed by atoms with Crippen LogP contribution in [-0.2, 0) is 9.53 Å². The summed E-state index contributed by atoms with van der Waals surface area (Å²) in [6.07, 6.45) is 2.81. The van der Waals surface area contributed by atoms with Crippen LogP contribution < -0.4 is 10.6 Å². The second kappa shape index (κ2) is 6.69. The van der Waals surface area contributed by atoms with E-state index in [1.54, 1.807) is 6.33 Å². The number of carbonyl (C=O) groups is 1. The first kappa shape index (κ1) is 14.0. The monoisotopic (exact) mass is 278 g/mol. The summed E-state index contributed by atoms with van der Waals surface area (Å²) in [6, 6.07) is 0. The lowest BCUT2D eigenvalue weighted by molar-refractivity contribution is -0.140. The molecule has 2 rings (SSSR count). The number of ether oxygens (including phenoxy) is 1. The smallest absolute Gasteiger partial charge is 0.307 e. The number of imidazole rings is 1. The fourth-order valence-electron chi connectivity index (χ4n) is 1.66. The van der Waals surface area contributed by atoms with Gasteiger partial charge >= 0.3 is 5.97 Å². The Labute approximate surface area is 116 Å². The number of esters is 1. The zero-order valence-corrected chi connectivity index (χ0v) is 11.6. The Morgan fingerprint density at radius 1 is 1.35 bits per heavy atom. The van der Waals surface area contributed by atoms with Gasteiger partial charge in [-0.2, -0.15) is 9.97 Å². The van der Waals surface area contributed by atoms with Crippen molar-refractivity contribution >= 4 is 28.9 Å². The fraction of sp³-hybridized carbons (Fsp3) is 0.500. The Kier molecular flexibility index (Phi) is 4.70. The molecule has 0 amide bonds. The van der Waals surface area contributed by atoms with Gasteiger partial charge in [-0.05, 0) is 6.42 Å². The number of nitrogens with one attached hydrogen (secondary N) is 3. The summed E-state index contributed by atoms with van der Waals surface area (Å²) in [5.41, 5.74) is 1.30. The first-order valence-electron chi connectivity index (χ1n) is 6.50. The molecular formula is C12H18N6O2. The number of H-pyrrole nitrogens is 1. The summed E-state index contributed by atoms with van der Waals surface area (Å²) in [4.78, 5) is 26.9. The molecule has 3 N–H and O–H groups in total. The minimum Gasteiger partial charge on any atom is -0.469 e. The van der Waals surface area contributed by atoms with Crippen molar-refractivity contribution in [2.75, 3.05) is 30.8 Å². The van der Waals surface area contributed by atoms with Crippen LogP contribution in [0.15, 0.2) is 6.33 Å². The maximum absolute atomic E-state index is 11.1. The Morgan fingerprint density at radius 2 is 2.20 bits per heavy atom. The second-order valence-electron chi connectivity index (χ2n) is 4.18. The predicted molar refractivity (Wildman–Crippen MR) is 75.6 cm³/mol. The third kappa shape index (κ3) is 3.34. The van der Waals surface area contributed by atoms with Gasteiger partial charge < -0.3 is 20.4 Å². The van der Waals surface area contributed by atoms with Crippen molar-refractivity contribution < 1.29 is 9.53 Å². The van der Waals surface area contributed by atoms with Gasteiger partial charge in [0.15, 0.2) is 11.5 Å². The quantitative estimate of drug-likeness (QED) is 0.652. The highest BCUT2D eigenvalue weighted by Gasteiger charge is 2.10. The lowest BCUT2D eigenvalue weighted by atomic mass is 10.4. The number of nitrogens with zero attached hydrogens (tertiary/aromatic N) is 3. The Balaban J connectivity index is 2.12. The molecule has 0 bridgehead atoms. The van der Waals surface area contributed by atoms with Gasteiger partial charge in [0.25, 0.3) is 0 Å². The van der Waals surface area contributed by atoms with Crippen LogP contribution in [0.1, 0.15) is 19.8 Å². The van der Waals surface area contributed by atoms with Crippen LogP contribution in [0, 0.1) is 0 Å². The van der Waals surface area contributed by atoms with Gasteiger partial charge in [-0.25, -0.2) is 4.98 Å². The zero-order chi connectivity index (χ0) is 14.4. The van der Waals surface area contributed by atoms with Crippen LogP contribution in [0.4, 0.5) is 11.8 Å². The summed E-state index contributed by atoms with van der Waals surface area (Å²) in [5.74, 6) is 0.874. The van der Waals surface area contributed by atoms with Crippen LogP contribution in [0.25, 0.3) is 11.2 Å². The van der Waals surface area contributed by atoms with Crippen molar-refractivity contribution in [3.8, 4) is 0 Å². The maximum Gasteiger partial charge on any atom is 0.307 e. The van der Waals surface area contributed by atoms with Crippen molar-refractivity contribution in [2.24, 2.45) is 0 Å². The van der Waals surface area contributed by atoms with E-state index < -0.39 is 0 Å². The van der Waals surface area contributed by atoms with E-state index in [-0.39, 0.29) is 12.4 Å². The Morgan fingerprint density at radius 3 is 2.95 bits per heavy atom. The third-order valence-electron chi connectivity index (χ3n) is 2.67. The molecular weight excluding hydrogens is 260 g/mol. The van der Waals surface area contributed by atoms with E-state index in [2.05, 4.69) is 42.2 Å². The van der Waals surface area contributed by atoms with Gasteiger partial charge in [-0.3, -0.25) is 4.79 Å². The van der Waals surface area contributed by atoms with Crippen molar-refractivity contribution in [1.82, 2.24) is 19.9 Å². The molecule has 8 heteroatoms. The fourth-order valence-corrected chi connectivity index (χ4v) is 1.66. The molecule has 0 aliphatic rings. The molecule has 20 heavy (non-hydrogen) atoms. The van der Waals surface area contributed by atoms with Gasteiger partial charge in [0, 0.05) is 13.1 Å².